The summed E-state index contributed by atoms with van der Waals surface area (Å²) in [5, 5.41) is 0.613. The van der Waals surface area contributed by atoms with Crippen LogP contribution in [0.5, 0.6) is 5.75 Å². The van der Waals surface area contributed by atoms with Crippen LogP contribution in [0.1, 0.15) is 12.0 Å². The van der Waals surface area contributed by atoms with E-state index < -0.39 is 16.0 Å². The first kappa shape index (κ1) is 19.2. The second-order valence-electron chi connectivity index (χ2n) is 5.60. The number of benzene rings is 2. The number of hydrogen-bond acceptors (Lipinski definition) is 6. The molecule has 2 aromatic rings. The molecule has 1 aliphatic rings. The second kappa shape index (κ2) is 8.41. The zero-order valence-electron chi connectivity index (χ0n) is 14.2. The highest BCUT2D eigenvalue weighted by Gasteiger charge is 2.29. The fourth-order valence-electron chi connectivity index (χ4n) is 2.43. The highest BCUT2D eigenvalue weighted by Crippen LogP contribution is 2.22. The van der Waals surface area contributed by atoms with E-state index in [1.165, 1.54) is 6.07 Å². The van der Waals surface area contributed by atoms with E-state index in [9.17, 15) is 13.2 Å². The predicted molar refractivity (Wildman–Crippen MR) is 101 cm³/mol. The Kier molecular flexibility index (Phi) is 5.98. The summed E-state index contributed by atoms with van der Waals surface area (Å²) >= 11 is 5.78. The van der Waals surface area contributed by atoms with Crippen LogP contribution >= 0.6 is 11.6 Å². The van der Waals surface area contributed by atoms with E-state index in [-0.39, 0.29) is 36.9 Å². The summed E-state index contributed by atoms with van der Waals surface area (Å²) in [7, 11) is -3.57. The number of amidine groups is 1. The molecule has 0 aromatic heterocycles. The van der Waals surface area contributed by atoms with Crippen molar-refractivity contribution in [3.63, 3.8) is 0 Å². The van der Waals surface area contributed by atoms with Crippen LogP contribution in [-0.2, 0) is 19.6 Å². The van der Waals surface area contributed by atoms with Crippen molar-refractivity contribution >= 4 is 33.4 Å². The fourth-order valence-corrected chi connectivity index (χ4v) is 3.81. The summed E-state index contributed by atoms with van der Waals surface area (Å²) < 4.78 is 36.8. The van der Waals surface area contributed by atoms with Crippen molar-refractivity contribution < 1.29 is 22.7 Å². The topological polar surface area (TPSA) is 94.1 Å². The molecule has 0 spiro atoms. The third-order valence-corrected chi connectivity index (χ3v) is 5.33. The van der Waals surface area contributed by atoms with Gasteiger partial charge in [0.2, 0.25) is 0 Å². The first-order valence-corrected chi connectivity index (χ1v) is 10.0. The maximum atomic E-state index is 12.0. The van der Waals surface area contributed by atoms with Crippen LogP contribution in [0.15, 0.2) is 58.4 Å². The maximum absolute atomic E-state index is 12.0. The molecule has 0 amide bonds. The monoisotopic (exact) mass is 408 g/mol. The molecule has 0 radical (unpaired) electrons. The van der Waals surface area contributed by atoms with Crippen LogP contribution < -0.4 is 9.46 Å². The molecule has 0 saturated carbocycles. The molecule has 3 rings (SSSR count). The minimum absolute atomic E-state index is 0.0361. The average molecular weight is 409 g/mol. The van der Waals surface area contributed by atoms with E-state index in [2.05, 4.69) is 9.71 Å². The van der Waals surface area contributed by atoms with Gasteiger partial charge in [0.1, 0.15) is 24.8 Å². The summed E-state index contributed by atoms with van der Waals surface area (Å²) in [6, 6.07) is 13.4. The van der Waals surface area contributed by atoms with Gasteiger partial charge in [-0.25, -0.2) is 8.42 Å². The normalized spacial score (nSPS) is 15.8. The van der Waals surface area contributed by atoms with Gasteiger partial charge in [-0.1, -0.05) is 23.7 Å². The predicted octanol–water partition coefficient (Wildman–Crippen LogP) is 2.39. The van der Waals surface area contributed by atoms with Crippen molar-refractivity contribution in [2.24, 2.45) is 4.99 Å². The number of aliphatic imine (C=N–C) groups is 1. The Morgan fingerprint density at radius 1 is 1.07 bits per heavy atom. The first-order valence-electron chi connectivity index (χ1n) is 8.16. The lowest BCUT2D eigenvalue weighted by Gasteiger charge is -2.07. The molecule has 0 fully saturated rings. The summed E-state index contributed by atoms with van der Waals surface area (Å²) in [4.78, 5) is 16.1. The zero-order valence-corrected chi connectivity index (χ0v) is 15.8. The SMILES string of the molecule is O=C(CCN=C1NS(=O)(=O)c2ccccc21)OCCOc1ccc(Cl)cc1. The third kappa shape index (κ3) is 4.99. The molecule has 0 unspecified atom stereocenters. The average Bonchev–Trinajstić information content (AvgIpc) is 2.91. The van der Waals surface area contributed by atoms with Crippen LogP contribution in [0.3, 0.4) is 0 Å². The Morgan fingerprint density at radius 3 is 2.59 bits per heavy atom. The van der Waals surface area contributed by atoms with Crippen LogP contribution in [0, 0.1) is 0 Å². The van der Waals surface area contributed by atoms with Crippen molar-refractivity contribution in [3.05, 3.63) is 59.1 Å². The molecule has 0 bridgehead atoms. The minimum atomic E-state index is -3.57. The first-order chi connectivity index (χ1) is 13.0. The van der Waals surface area contributed by atoms with Crippen molar-refractivity contribution in [2.45, 2.75) is 11.3 Å². The quantitative estimate of drug-likeness (QED) is 0.560. The molecule has 142 valence electrons. The number of carbonyl (C=O) groups is 1. The number of ether oxygens (including phenoxy) is 2. The van der Waals surface area contributed by atoms with E-state index in [1.54, 1.807) is 42.5 Å². The number of nitrogens with zero attached hydrogens (tertiary/aromatic N) is 1. The van der Waals surface area contributed by atoms with E-state index in [0.717, 1.165) is 0 Å². The maximum Gasteiger partial charge on any atom is 0.307 e. The van der Waals surface area contributed by atoms with Gasteiger partial charge in [-0.05, 0) is 36.4 Å². The minimum Gasteiger partial charge on any atom is -0.490 e. The number of esters is 1. The van der Waals surface area contributed by atoms with E-state index >= 15 is 0 Å². The Hall–Kier alpha value is -2.58. The lowest BCUT2D eigenvalue weighted by atomic mass is 10.2. The molecule has 9 heteroatoms. The van der Waals surface area contributed by atoms with E-state index in [1.807, 2.05) is 0 Å². The lowest BCUT2D eigenvalue weighted by molar-refractivity contribution is -0.144. The smallest absolute Gasteiger partial charge is 0.307 e. The van der Waals surface area contributed by atoms with Gasteiger partial charge in [0.25, 0.3) is 10.0 Å². The molecular weight excluding hydrogens is 392 g/mol. The van der Waals surface area contributed by atoms with Gasteiger partial charge in [0.05, 0.1) is 17.9 Å². The van der Waals surface area contributed by atoms with Gasteiger partial charge in [-0.2, -0.15) is 0 Å². The van der Waals surface area contributed by atoms with Gasteiger partial charge in [0.15, 0.2) is 0 Å². The van der Waals surface area contributed by atoms with Crippen molar-refractivity contribution in [2.75, 3.05) is 19.8 Å². The number of carbonyl (C=O) groups excluding carboxylic acids is 1. The highest BCUT2D eigenvalue weighted by molar-refractivity contribution is 7.90. The largest absolute Gasteiger partial charge is 0.490 e. The third-order valence-electron chi connectivity index (χ3n) is 3.68. The highest BCUT2D eigenvalue weighted by atomic mass is 35.5. The number of sulfonamides is 1. The van der Waals surface area contributed by atoms with Gasteiger partial charge >= 0.3 is 5.97 Å². The molecule has 1 heterocycles. The number of halogens is 1. The van der Waals surface area contributed by atoms with Crippen LogP contribution in [0.4, 0.5) is 0 Å². The zero-order chi connectivity index (χ0) is 19.3. The van der Waals surface area contributed by atoms with Crippen LogP contribution in [0.25, 0.3) is 0 Å². The van der Waals surface area contributed by atoms with E-state index in [4.69, 9.17) is 21.1 Å². The summed E-state index contributed by atoms with van der Waals surface area (Å²) in [6.07, 6.45) is 0.0361. The summed E-state index contributed by atoms with van der Waals surface area (Å²) in [6.45, 7) is 0.436. The molecule has 0 saturated heterocycles. The van der Waals surface area contributed by atoms with Crippen molar-refractivity contribution in [1.29, 1.82) is 0 Å². The summed E-state index contributed by atoms with van der Waals surface area (Å²) in [5.74, 6) is 0.437. The molecule has 0 aliphatic carbocycles. The molecular formula is C18H17ClN2O5S. The Bertz CT molecular complexity index is 958. The Morgan fingerprint density at radius 2 is 1.81 bits per heavy atom. The fraction of sp³-hybridized carbons (Fsp3) is 0.222. The number of rotatable bonds is 7. The molecule has 2 aromatic carbocycles. The second-order valence-corrected chi connectivity index (χ2v) is 7.69. The molecule has 7 nitrogen and oxygen atoms in total. The molecule has 0 atom stereocenters. The van der Waals surface area contributed by atoms with Crippen LogP contribution in [0.2, 0.25) is 5.02 Å². The number of hydrogen-bond donors (Lipinski definition) is 1. The van der Waals surface area contributed by atoms with Crippen LogP contribution in [-0.4, -0.2) is 40.0 Å². The van der Waals surface area contributed by atoms with Gasteiger partial charge < -0.3 is 9.47 Å². The summed E-state index contributed by atoms with van der Waals surface area (Å²) in [5.41, 5.74) is 0.502. The lowest BCUT2D eigenvalue weighted by Crippen LogP contribution is -2.22. The van der Waals surface area contributed by atoms with E-state index in [0.29, 0.717) is 16.3 Å². The molecule has 27 heavy (non-hydrogen) atoms. The van der Waals surface area contributed by atoms with Crippen molar-refractivity contribution in [1.82, 2.24) is 4.72 Å². The van der Waals surface area contributed by atoms with Gasteiger partial charge in [-0.15, -0.1) is 0 Å². The van der Waals surface area contributed by atoms with Gasteiger partial charge in [-0.3, -0.25) is 14.5 Å². The number of nitrogens with one attached hydrogen (secondary N) is 1. The standard InChI is InChI=1S/C18H17ClN2O5S/c19-13-5-7-14(8-6-13)25-11-12-26-17(22)9-10-20-18-15-3-1-2-4-16(15)27(23,24)21-18/h1-8H,9-12H2,(H,20,21). The van der Waals surface area contributed by atoms with Gasteiger partial charge in [0, 0.05) is 10.6 Å². The molecule has 1 N–H and O–H groups in total. The molecule has 1 aliphatic heterocycles. The Labute approximate surface area is 162 Å². The van der Waals surface area contributed by atoms with Crippen molar-refractivity contribution in [3.8, 4) is 5.75 Å². The Balaban J connectivity index is 1.42. The number of fused-ring (bicyclic) bond motifs is 1.